The summed E-state index contributed by atoms with van der Waals surface area (Å²) in [5, 5.41) is 3.50. The first-order valence-electron chi connectivity index (χ1n) is 8.55. The minimum absolute atomic E-state index is 0.0428. The van der Waals surface area contributed by atoms with Crippen molar-refractivity contribution in [2.45, 2.75) is 37.8 Å². The van der Waals surface area contributed by atoms with Crippen molar-refractivity contribution in [2.24, 2.45) is 11.8 Å². The molecule has 0 unspecified atom stereocenters. The molecule has 1 heterocycles. The predicted octanol–water partition coefficient (Wildman–Crippen LogP) is 2.17. The van der Waals surface area contributed by atoms with Crippen molar-refractivity contribution in [1.29, 1.82) is 0 Å². The second kappa shape index (κ2) is 6.06. The number of rotatable bonds is 3. The number of nitrogens with one attached hydrogen (secondary N) is 1. The van der Waals surface area contributed by atoms with E-state index in [4.69, 9.17) is 16.3 Å². The molecule has 8 heteroatoms. The van der Waals surface area contributed by atoms with E-state index >= 15 is 0 Å². The number of carbonyl (C=O) groups is 1. The number of hydrogen-bond donors (Lipinski definition) is 1. The molecule has 0 saturated heterocycles. The molecule has 0 radical (unpaired) electrons. The van der Waals surface area contributed by atoms with Crippen LogP contribution in [0.15, 0.2) is 18.2 Å². The predicted molar refractivity (Wildman–Crippen MR) is 95.4 cm³/mol. The Balaban J connectivity index is 1.55. The van der Waals surface area contributed by atoms with Gasteiger partial charge < -0.3 is 10.1 Å². The van der Waals surface area contributed by atoms with Gasteiger partial charge in [0.15, 0.2) is 6.10 Å². The number of carbonyl (C=O) groups excluding carboxylic acids is 1. The molecular weight excluding hydrogens is 364 g/mol. The minimum Gasteiger partial charge on any atom is -0.476 e. The quantitative estimate of drug-likeness (QED) is 0.866. The Morgan fingerprint density at radius 2 is 2.12 bits per heavy atom. The molecular formula is C17H21ClN2O4S. The zero-order valence-electron chi connectivity index (χ0n) is 13.9. The fourth-order valence-corrected chi connectivity index (χ4v) is 5.44. The largest absolute Gasteiger partial charge is 0.476 e. The molecule has 25 heavy (non-hydrogen) atoms. The maximum atomic E-state index is 12.7. The topological polar surface area (TPSA) is 75.7 Å². The molecule has 1 aromatic rings. The lowest BCUT2D eigenvalue weighted by molar-refractivity contribution is -0.128. The van der Waals surface area contributed by atoms with Gasteiger partial charge in [0.1, 0.15) is 5.75 Å². The third-order valence-corrected chi connectivity index (χ3v) is 6.93. The highest BCUT2D eigenvalue weighted by Gasteiger charge is 2.42. The molecule has 2 aliphatic carbocycles. The number of amides is 1. The van der Waals surface area contributed by atoms with Crippen molar-refractivity contribution >= 4 is 33.2 Å². The van der Waals surface area contributed by atoms with Crippen LogP contribution in [-0.4, -0.2) is 39.3 Å². The van der Waals surface area contributed by atoms with Crippen molar-refractivity contribution < 1.29 is 17.9 Å². The van der Waals surface area contributed by atoms with Gasteiger partial charge in [-0.25, -0.2) is 8.42 Å². The van der Waals surface area contributed by atoms with Gasteiger partial charge >= 0.3 is 0 Å². The van der Waals surface area contributed by atoms with Crippen molar-refractivity contribution in [1.82, 2.24) is 5.32 Å². The summed E-state index contributed by atoms with van der Waals surface area (Å²) in [5.74, 6) is 1.38. The summed E-state index contributed by atoms with van der Waals surface area (Å²) in [6.07, 6.45) is 4.89. The van der Waals surface area contributed by atoms with E-state index in [0.29, 0.717) is 22.4 Å². The third kappa shape index (κ3) is 3.19. The molecule has 2 bridgehead atoms. The monoisotopic (exact) mass is 384 g/mol. The normalized spacial score (nSPS) is 30.7. The van der Waals surface area contributed by atoms with E-state index in [1.807, 2.05) is 0 Å². The van der Waals surface area contributed by atoms with Gasteiger partial charge in [-0.3, -0.25) is 9.10 Å². The highest BCUT2D eigenvalue weighted by atomic mass is 35.5. The van der Waals surface area contributed by atoms with Crippen LogP contribution in [0.5, 0.6) is 5.75 Å². The van der Waals surface area contributed by atoms with E-state index < -0.39 is 16.1 Å². The summed E-state index contributed by atoms with van der Waals surface area (Å²) in [6, 6.07) is 4.96. The molecule has 1 aromatic carbocycles. The van der Waals surface area contributed by atoms with E-state index in [9.17, 15) is 13.2 Å². The zero-order chi connectivity index (χ0) is 17.8. The summed E-state index contributed by atoms with van der Waals surface area (Å²) >= 11 is 5.98. The first kappa shape index (κ1) is 17.0. The van der Waals surface area contributed by atoms with Gasteiger partial charge in [-0.15, -0.1) is 0 Å². The summed E-state index contributed by atoms with van der Waals surface area (Å²) in [6.45, 7) is -0.0428. The van der Waals surface area contributed by atoms with Gasteiger partial charge in [-0.1, -0.05) is 18.0 Å². The van der Waals surface area contributed by atoms with E-state index in [0.717, 1.165) is 25.0 Å². The Hall–Kier alpha value is -1.47. The summed E-state index contributed by atoms with van der Waals surface area (Å²) in [5.41, 5.74) is 0.374. The average Bonchev–Trinajstić information content (AvgIpc) is 3.15. The number of fused-ring (bicyclic) bond motifs is 3. The molecule has 2 saturated carbocycles. The summed E-state index contributed by atoms with van der Waals surface area (Å²) in [7, 11) is -3.54. The van der Waals surface area contributed by atoms with Gasteiger partial charge in [0, 0.05) is 11.1 Å². The summed E-state index contributed by atoms with van der Waals surface area (Å²) in [4.78, 5) is 12.7. The Bertz CT molecular complexity index is 813. The van der Waals surface area contributed by atoms with Crippen LogP contribution in [-0.2, 0) is 14.8 Å². The number of benzene rings is 1. The van der Waals surface area contributed by atoms with Crippen LogP contribution in [0.3, 0.4) is 0 Å². The maximum Gasteiger partial charge on any atom is 0.263 e. The molecule has 1 N–H and O–H groups in total. The summed E-state index contributed by atoms with van der Waals surface area (Å²) < 4.78 is 31.3. The van der Waals surface area contributed by atoms with Crippen molar-refractivity contribution in [3.05, 3.63) is 23.2 Å². The molecule has 1 aliphatic heterocycles. The van der Waals surface area contributed by atoms with Gasteiger partial charge in [0.25, 0.3) is 5.91 Å². The van der Waals surface area contributed by atoms with E-state index in [1.165, 1.54) is 17.1 Å². The van der Waals surface area contributed by atoms with Crippen LogP contribution >= 0.6 is 11.6 Å². The van der Waals surface area contributed by atoms with Gasteiger partial charge in [0.05, 0.1) is 18.5 Å². The van der Waals surface area contributed by atoms with Crippen LogP contribution in [0.4, 0.5) is 5.69 Å². The number of halogens is 1. The van der Waals surface area contributed by atoms with E-state index in [1.54, 1.807) is 18.2 Å². The maximum absolute atomic E-state index is 12.7. The van der Waals surface area contributed by atoms with Crippen LogP contribution in [0.1, 0.15) is 25.7 Å². The highest BCUT2D eigenvalue weighted by molar-refractivity contribution is 7.92. The number of nitrogens with zero attached hydrogens (tertiary/aromatic N) is 1. The lowest BCUT2D eigenvalue weighted by Gasteiger charge is -2.35. The van der Waals surface area contributed by atoms with Gasteiger partial charge in [0.2, 0.25) is 10.0 Å². The SMILES string of the molecule is CS(=O)(=O)N1C[C@@H](C(=O)N[C@@H]2C[C@H]3CC[C@H]2C3)Oc2ccc(Cl)cc21. The Labute approximate surface area is 152 Å². The second-order valence-electron chi connectivity index (χ2n) is 7.30. The molecule has 136 valence electrons. The number of anilines is 1. The lowest BCUT2D eigenvalue weighted by atomic mass is 9.95. The molecule has 0 spiro atoms. The Kier molecular flexibility index (Phi) is 4.11. The standard InChI is InChI=1S/C17H21ClN2O4S/c1-25(22,23)20-9-16(24-15-5-4-12(18)8-14(15)20)17(21)19-13-7-10-2-3-11(13)6-10/h4-5,8,10-11,13,16H,2-3,6-7,9H2,1H3,(H,19,21)/t10-,11-,13+,16-/m0/s1. The van der Waals surface area contributed by atoms with Crippen molar-refractivity contribution in [3.8, 4) is 5.75 Å². The second-order valence-corrected chi connectivity index (χ2v) is 9.65. The Morgan fingerprint density at radius 1 is 1.32 bits per heavy atom. The molecule has 2 fully saturated rings. The average molecular weight is 385 g/mol. The van der Waals surface area contributed by atoms with Crippen LogP contribution in [0.2, 0.25) is 5.02 Å². The van der Waals surface area contributed by atoms with Gasteiger partial charge in [-0.2, -0.15) is 0 Å². The van der Waals surface area contributed by atoms with E-state index in [2.05, 4.69) is 5.32 Å². The lowest BCUT2D eigenvalue weighted by Crippen LogP contribution is -2.53. The first-order chi connectivity index (χ1) is 11.8. The fraction of sp³-hybridized carbons (Fsp3) is 0.588. The van der Waals surface area contributed by atoms with Crippen molar-refractivity contribution in [2.75, 3.05) is 17.1 Å². The number of sulfonamides is 1. The van der Waals surface area contributed by atoms with Gasteiger partial charge in [-0.05, 0) is 49.3 Å². The first-order valence-corrected chi connectivity index (χ1v) is 10.8. The number of ether oxygens (including phenoxy) is 1. The molecule has 6 nitrogen and oxygen atoms in total. The van der Waals surface area contributed by atoms with Crippen LogP contribution < -0.4 is 14.4 Å². The third-order valence-electron chi connectivity index (χ3n) is 5.55. The molecule has 0 aromatic heterocycles. The van der Waals surface area contributed by atoms with Crippen LogP contribution in [0.25, 0.3) is 0 Å². The fourth-order valence-electron chi connectivity index (χ4n) is 4.37. The van der Waals surface area contributed by atoms with Crippen molar-refractivity contribution in [3.63, 3.8) is 0 Å². The molecule has 4 atom stereocenters. The Morgan fingerprint density at radius 3 is 2.76 bits per heavy atom. The zero-order valence-corrected chi connectivity index (χ0v) is 15.5. The highest BCUT2D eigenvalue weighted by Crippen LogP contribution is 2.44. The molecule has 3 aliphatic rings. The van der Waals surface area contributed by atoms with Crippen LogP contribution in [0, 0.1) is 11.8 Å². The minimum atomic E-state index is -3.54. The number of hydrogen-bond acceptors (Lipinski definition) is 4. The molecule has 1 amide bonds. The van der Waals surface area contributed by atoms with E-state index in [-0.39, 0.29) is 18.5 Å². The molecule has 4 rings (SSSR count). The smallest absolute Gasteiger partial charge is 0.263 e.